The summed E-state index contributed by atoms with van der Waals surface area (Å²) in [4.78, 5) is 0. The van der Waals surface area contributed by atoms with Crippen molar-refractivity contribution in [3.63, 3.8) is 0 Å². The highest BCUT2D eigenvalue weighted by Gasteiger charge is 2.03. The number of halogens is 3. The molecule has 0 aromatic heterocycles. The first-order chi connectivity index (χ1) is 5.15. The van der Waals surface area contributed by atoms with Gasteiger partial charge in [0.05, 0.1) is 15.7 Å². The molecule has 1 aromatic rings. The van der Waals surface area contributed by atoms with Crippen LogP contribution in [-0.4, -0.2) is 7.11 Å². The fraction of sp³-hybridized carbons (Fsp3) is 0.143. The number of rotatable bonds is 1. The first-order valence-electron chi connectivity index (χ1n) is 2.83. The van der Waals surface area contributed by atoms with Gasteiger partial charge in [-0.05, 0) is 44.6 Å². The molecule has 0 bridgehead atoms. The molecular weight excluding hydrogens is 342 g/mol. The van der Waals surface area contributed by atoms with Gasteiger partial charge in [0.15, 0.2) is 0 Å². The molecule has 1 aromatic carbocycles. The lowest BCUT2D eigenvalue weighted by atomic mass is 10.3. The van der Waals surface area contributed by atoms with Crippen LogP contribution in [-0.2, 0) is 0 Å². The molecule has 0 amide bonds. The van der Waals surface area contributed by atoms with E-state index in [1.54, 1.807) is 13.2 Å². The number of hydrogen-bond donors (Lipinski definition) is 0. The number of hydrogen-bond acceptors (Lipinski definition) is 1. The summed E-state index contributed by atoms with van der Waals surface area (Å²) >= 11 is 11.3. The van der Waals surface area contributed by atoms with Gasteiger partial charge in [-0.25, -0.2) is 0 Å². The van der Waals surface area contributed by atoms with Crippen LogP contribution in [0.5, 0.6) is 5.75 Å². The third kappa shape index (κ3) is 2.23. The van der Waals surface area contributed by atoms with E-state index in [1.807, 2.05) is 6.07 Å². The maximum absolute atomic E-state index is 5.83. The topological polar surface area (TPSA) is 9.23 Å². The minimum Gasteiger partial charge on any atom is -0.496 e. The van der Waals surface area contributed by atoms with Crippen molar-refractivity contribution >= 4 is 50.1 Å². The van der Waals surface area contributed by atoms with Crippen molar-refractivity contribution < 1.29 is 4.74 Å². The van der Waals surface area contributed by atoms with Crippen molar-refractivity contribution in [2.45, 2.75) is 0 Å². The molecule has 0 spiro atoms. The van der Waals surface area contributed by atoms with Crippen LogP contribution in [0.2, 0.25) is 5.02 Å². The van der Waals surface area contributed by atoms with Gasteiger partial charge in [0.1, 0.15) is 5.75 Å². The maximum atomic E-state index is 5.83. The van der Waals surface area contributed by atoms with E-state index in [2.05, 4.69) is 38.5 Å². The quantitative estimate of drug-likeness (QED) is 0.556. The molecule has 0 unspecified atom stereocenters. The minimum atomic E-state index is 0.669. The molecular formula is C7H5BrClIO. The van der Waals surface area contributed by atoms with Crippen LogP contribution in [0.15, 0.2) is 16.6 Å². The van der Waals surface area contributed by atoms with Gasteiger partial charge in [-0.1, -0.05) is 11.6 Å². The van der Waals surface area contributed by atoms with Gasteiger partial charge in [0.25, 0.3) is 0 Å². The minimum absolute atomic E-state index is 0.669. The molecule has 0 atom stereocenters. The highest BCUT2D eigenvalue weighted by molar-refractivity contribution is 14.1. The van der Waals surface area contributed by atoms with E-state index in [0.29, 0.717) is 5.02 Å². The third-order valence-electron chi connectivity index (χ3n) is 1.19. The molecule has 0 aliphatic carbocycles. The van der Waals surface area contributed by atoms with Gasteiger partial charge >= 0.3 is 0 Å². The largest absolute Gasteiger partial charge is 0.496 e. The van der Waals surface area contributed by atoms with E-state index in [-0.39, 0.29) is 0 Å². The van der Waals surface area contributed by atoms with E-state index >= 15 is 0 Å². The molecule has 0 fully saturated rings. The summed E-state index contributed by atoms with van der Waals surface area (Å²) in [7, 11) is 1.63. The van der Waals surface area contributed by atoms with Crippen molar-refractivity contribution in [1.29, 1.82) is 0 Å². The normalized spacial score (nSPS) is 9.82. The summed E-state index contributed by atoms with van der Waals surface area (Å²) in [6, 6.07) is 3.70. The first-order valence-corrected chi connectivity index (χ1v) is 5.08. The molecule has 1 nitrogen and oxygen atoms in total. The van der Waals surface area contributed by atoms with Crippen LogP contribution in [0.25, 0.3) is 0 Å². The average molecular weight is 347 g/mol. The standard InChI is InChI=1S/C7H5BrClIO/c1-11-7-3-5(9)4(8)2-6(7)10/h2-3H,1H3. The Bertz CT molecular complexity index is 277. The highest BCUT2D eigenvalue weighted by Crippen LogP contribution is 2.31. The zero-order chi connectivity index (χ0) is 8.43. The van der Waals surface area contributed by atoms with Gasteiger partial charge < -0.3 is 4.74 Å². The fourth-order valence-electron chi connectivity index (χ4n) is 0.661. The molecule has 1 rings (SSSR count). The van der Waals surface area contributed by atoms with Crippen LogP contribution in [0.4, 0.5) is 0 Å². The Morgan fingerprint density at radius 3 is 2.73 bits per heavy atom. The second-order valence-corrected chi connectivity index (χ2v) is 4.32. The van der Waals surface area contributed by atoms with Gasteiger partial charge in [0, 0.05) is 10.5 Å². The van der Waals surface area contributed by atoms with Crippen molar-refractivity contribution in [3.8, 4) is 5.75 Å². The fourth-order valence-corrected chi connectivity index (χ4v) is 2.27. The summed E-state index contributed by atoms with van der Waals surface area (Å²) in [6.45, 7) is 0. The Balaban J connectivity index is 3.21. The molecule has 0 saturated heterocycles. The predicted molar refractivity (Wildman–Crippen MR) is 58.4 cm³/mol. The molecule has 0 aliphatic heterocycles. The van der Waals surface area contributed by atoms with E-state index in [9.17, 15) is 0 Å². The lowest BCUT2D eigenvalue weighted by Gasteiger charge is -2.04. The summed E-state index contributed by atoms with van der Waals surface area (Å²) in [5, 5.41) is 0.669. The van der Waals surface area contributed by atoms with Crippen molar-refractivity contribution in [2.75, 3.05) is 7.11 Å². The second-order valence-electron chi connectivity index (χ2n) is 1.90. The lowest BCUT2D eigenvalue weighted by Crippen LogP contribution is -1.86. The second kappa shape index (κ2) is 3.96. The van der Waals surface area contributed by atoms with E-state index in [1.165, 1.54) is 0 Å². The van der Waals surface area contributed by atoms with Crippen molar-refractivity contribution in [1.82, 2.24) is 0 Å². The molecule has 4 heteroatoms. The van der Waals surface area contributed by atoms with Crippen LogP contribution in [0.1, 0.15) is 0 Å². The van der Waals surface area contributed by atoms with E-state index in [4.69, 9.17) is 16.3 Å². The molecule has 60 valence electrons. The van der Waals surface area contributed by atoms with Gasteiger partial charge in [-0.15, -0.1) is 0 Å². The predicted octanol–water partition coefficient (Wildman–Crippen LogP) is 3.72. The van der Waals surface area contributed by atoms with Gasteiger partial charge in [0.2, 0.25) is 0 Å². The molecule has 0 heterocycles. The zero-order valence-electron chi connectivity index (χ0n) is 5.70. The van der Waals surface area contributed by atoms with Crippen molar-refractivity contribution in [3.05, 3.63) is 25.2 Å². The third-order valence-corrected chi connectivity index (χ3v) is 3.23. The molecule has 11 heavy (non-hydrogen) atoms. The summed E-state index contributed by atoms with van der Waals surface area (Å²) in [5.74, 6) is 0.804. The van der Waals surface area contributed by atoms with E-state index in [0.717, 1.165) is 13.8 Å². The molecule has 0 radical (unpaired) electrons. The Kier molecular flexibility index (Phi) is 3.46. The van der Waals surface area contributed by atoms with Gasteiger partial charge in [-0.2, -0.15) is 0 Å². The lowest BCUT2D eigenvalue weighted by molar-refractivity contribution is 0.412. The van der Waals surface area contributed by atoms with Crippen LogP contribution in [0.3, 0.4) is 0 Å². The SMILES string of the molecule is COc1cc(Cl)c(Br)cc1I. The Morgan fingerprint density at radius 2 is 2.18 bits per heavy atom. The van der Waals surface area contributed by atoms with Crippen LogP contribution < -0.4 is 4.74 Å². The highest BCUT2D eigenvalue weighted by atomic mass is 127. The van der Waals surface area contributed by atoms with Crippen molar-refractivity contribution in [2.24, 2.45) is 0 Å². The number of ether oxygens (including phenoxy) is 1. The smallest absolute Gasteiger partial charge is 0.133 e. The average Bonchev–Trinajstić information content (AvgIpc) is 1.97. The summed E-state index contributed by atoms with van der Waals surface area (Å²) in [5.41, 5.74) is 0. The van der Waals surface area contributed by atoms with Crippen LogP contribution >= 0.6 is 50.1 Å². The Hall–Kier alpha value is 0.520. The summed E-state index contributed by atoms with van der Waals surface area (Å²) in [6.07, 6.45) is 0. The molecule has 0 saturated carbocycles. The van der Waals surface area contributed by atoms with Crippen LogP contribution in [0, 0.1) is 3.57 Å². The monoisotopic (exact) mass is 346 g/mol. The van der Waals surface area contributed by atoms with Gasteiger partial charge in [-0.3, -0.25) is 0 Å². The maximum Gasteiger partial charge on any atom is 0.133 e. The molecule has 0 N–H and O–H groups in total. The Labute approximate surface area is 92.3 Å². The first kappa shape index (κ1) is 9.61. The van der Waals surface area contributed by atoms with E-state index < -0.39 is 0 Å². The summed E-state index contributed by atoms with van der Waals surface area (Å²) < 4.78 is 7.00. The Morgan fingerprint density at radius 1 is 1.55 bits per heavy atom. The molecule has 0 aliphatic rings. The zero-order valence-corrected chi connectivity index (χ0v) is 10.2. The number of methoxy groups -OCH3 is 1. The number of benzene rings is 1.